The molecule has 1 heterocycles. The van der Waals surface area contributed by atoms with E-state index in [1.54, 1.807) is 7.11 Å². The van der Waals surface area contributed by atoms with Crippen LogP contribution < -0.4 is 10.1 Å². The summed E-state index contributed by atoms with van der Waals surface area (Å²) in [5.74, 6) is 1.13. The zero-order chi connectivity index (χ0) is 13.1. The van der Waals surface area contributed by atoms with E-state index in [0.29, 0.717) is 17.8 Å². The number of aromatic nitrogens is 1. The fraction of sp³-hybridized carbons (Fsp3) is 0.643. The molecule has 18 heavy (non-hydrogen) atoms. The molecule has 100 valence electrons. The summed E-state index contributed by atoms with van der Waals surface area (Å²) in [5.41, 5.74) is 1.17. The van der Waals surface area contributed by atoms with Gasteiger partial charge in [-0.15, -0.1) is 0 Å². The first-order valence-electron chi connectivity index (χ1n) is 6.54. The van der Waals surface area contributed by atoms with Crippen molar-refractivity contribution >= 4 is 0 Å². The first-order chi connectivity index (χ1) is 8.60. The molecule has 0 aliphatic heterocycles. The Morgan fingerprint density at radius 2 is 2.11 bits per heavy atom. The van der Waals surface area contributed by atoms with Gasteiger partial charge in [0.15, 0.2) is 0 Å². The monoisotopic (exact) mass is 250 g/mol. The van der Waals surface area contributed by atoms with Crippen molar-refractivity contribution in [3.8, 4) is 5.88 Å². The Hall–Kier alpha value is -1.13. The van der Waals surface area contributed by atoms with E-state index >= 15 is 0 Å². The third-order valence-corrected chi connectivity index (χ3v) is 3.46. The van der Waals surface area contributed by atoms with Gasteiger partial charge in [0.2, 0.25) is 5.88 Å². The van der Waals surface area contributed by atoms with Crippen LogP contribution in [-0.4, -0.2) is 29.3 Å². The number of hydrogen-bond acceptors (Lipinski definition) is 4. The molecule has 0 bridgehead atoms. The minimum Gasteiger partial charge on any atom is -0.481 e. The zero-order valence-corrected chi connectivity index (χ0v) is 11.3. The molecule has 1 saturated carbocycles. The van der Waals surface area contributed by atoms with E-state index in [9.17, 15) is 5.11 Å². The first-order valence-corrected chi connectivity index (χ1v) is 6.54. The highest BCUT2D eigenvalue weighted by atomic mass is 16.5. The fourth-order valence-electron chi connectivity index (χ4n) is 2.46. The van der Waals surface area contributed by atoms with Gasteiger partial charge in [-0.05, 0) is 24.3 Å². The summed E-state index contributed by atoms with van der Waals surface area (Å²) in [4.78, 5) is 4.26. The molecule has 0 spiro atoms. The molecule has 4 heteroatoms. The number of aliphatic hydroxyl groups is 1. The van der Waals surface area contributed by atoms with E-state index in [0.717, 1.165) is 12.8 Å². The van der Waals surface area contributed by atoms with Gasteiger partial charge in [-0.3, -0.25) is 0 Å². The lowest BCUT2D eigenvalue weighted by Gasteiger charge is -2.39. The molecular formula is C14H22N2O2. The molecule has 1 aromatic rings. The summed E-state index contributed by atoms with van der Waals surface area (Å²) >= 11 is 0. The Morgan fingerprint density at radius 3 is 2.56 bits per heavy atom. The number of methoxy groups -OCH3 is 1. The minimum absolute atomic E-state index is 0.127. The van der Waals surface area contributed by atoms with Gasteiger partial charge in [-0.1, -0.05) is 19.9 Å². The van der Waals surface area contributed by atoms with Crippen molar-refractivity contribution in [3.63, 3.8) is 0 Å². The number of nitrogens with one attached hydrogen (secondary N) is 1. The third-order valence-electron chi connectivity index (χ3n) is 3.46. The molecule has 0 saturated heterocycles. The smallest absolute Gasteiger partial charge is 0.212 e. The zero-order valence-electron chi connectivity index (χ0n) is 11.3. The van der Waals surface area contributed by atoms with E-state index in [-0.39, 0.29) is 12.1 Å². The van der Waals surface area contributed by atoms with Crippen LogP contribution in [-0.2, 0) is 0 Å². The lowest BCUT2D eigenvalue weighted by Crippen LogP contribution is -2.41. The van der Waals surface area contributed by atoms with Crippen molar-refractivity contribution in [2.24, 2.45) is 5.92 Å². The van der Waals surface area contributed by atoms with E-state index in [1.165, 1.54) is 5.56 Å². The Morgan fingerprint density at radius 1 is 1.39 bits per heavy atom. The second-order valence-electron chi connectivity index (χ2n) is 5.32. The van der Waals surface area contributed by atoms with Crippen LogP contribution >= 0.6 is 0 Å². The van der Waals surface area contributed by atoms with E-state index in [1.807, 2.05) is 12.3 Å². The minimum atomic E-state index is -0.127. The second kappa shape index (κ2) is 5.67. The van der Waals surface area contributed by atoms with E-state index in [2.05, 4.69) is 30.2 Å². The number of aliphatic hydroxyl groups excluding tert-OH is 1. The average molecular weight is 250 g/mol. The highest BCUT2D eigenvalue weighted by Crippen LogP contribution is 2.38. The number of rotatable bonds is 5. The van der Waals surface area contributed by atoms with Crippen LogP contribution in [0, 0.1) is 5.92 Å². The molecule has 1 aliphatic carbocycles. The molecular weight excluding hydrogens is 228 g/mol. The third kappa shape index (κ3) is 3.00. The number of ether oxygens (including phenoxy) is 1. The second-order valence-corrected chi connectivity index (χ2v) is 5.32. The lowest BCUT2D eigenvalue weighted by atomic mass is 9.75. The molecule has 1 atom stereocenters. The van der Waals surface area contributed by atoms with Gasteiger partial charge in [0.25, 0.3) is 0 Å². The van der Waals surface area contributed by atoms with Gasteiger partial charge in [0, 0.05) is 24.3 Å². The highest BCUT2D eigenvalue weighted by molar-refractivity contribution is 5.22. The topological polar surface area (TPSA) is 54.4 Å². The molecule has 2 rings (SSSR count). The molecule has 0 unspecified atom stereocenters. The van der Waals surface area contributed by atoms with Crippen LogP contribution in [0.25, 0.3) is 0 Å². The van der Waals surface area contributed by atoms with Crippen molar-refractivity contribution in [1.82, 2.24) is 10.3 Å². The Kier molecular flexibility index (Phi) is 4.19. The summed E-state index contributed by atoms with van der Waals surface area (Å²) in [7, 11) is 1.62. The average Bonchev–Trinajstić information content (AvgIpc) is 2.32. The van der Waals surface area contributed by atoms with Crippen LogP contribution in [0.4, 0.5) is 0 Å². The van der Waals surface area contributed by atoms with Crippen molar-refractivity contribution in [2.45, 2.75) is 44.9 Å². The Labute approximate surface area is 108 Å². The largest absolute Gasteiger partial charge is 0.481 e. The van der Waals surface area contributed by atoms with Gasteiger partial charge in [0.1, 0.15) is 0 Å². The van der Waals surface area contributed by atoms with E-state index < -0.39 is 0 Å². The quantitative estimate of drug-likeness (QED) is 0.838. The summed E-state index contributed by atoms with van der Waals surface area (Å²) in [6.07, 6.45) is 3.48. The van der Waals surface area contributed by atoms with Crippen molar-refractivity contribution < 1.29 is 9.84 Å². The van der Waals surface area contributed by atoms with Crippen LogP contribution in [0.1, 0.15) is 38.3 Å². The summed E-state index contributed by atoms with van der Waals surface area (Å²) < 4.78 is 5.08. The standard InChI is InChI=1S/C14H22N2O2/c1-9(2)16-14(11-6-12(17)7-11)10-4-5-13(18-3)15-8-10/h4-5,8-9,11-12,14,16-17H,6-7H2,1-3H3/t11?,12?,14-/m0/s1. The molecule has 1 aliphatic rings. The molecule has 0 aromatic carbocycles. The van der Waals surface area contributed by atoms with Gasteiger partial charge >= 0.3 is 0 Å². The molecule has 2 N–H and O–H groups in total. The molecule has 1 aromatic heterocycles. The number of hydrogen-bond donors (Lipinski definition) is 2. The molecule has 1 fully saturated rings. The molecule has 0 amide bonds. The molecule has 4 nitrogen and oxygen atoms in total. The van der Waals surface area contributed by atoms with Gasteiger partial charge in [-0.2, -0.15) is 0 Å². The normalized spacial score (nSPS) is 24.7. The van der Waals surface area contributed by atoms with Gasteiger partial charge in [-0.25, -0.2) is 4.98 Å². The SMILES string of the molecule is COc1ccc([C@H](NC(C)C)C2CC(O)C2)cn1. The van der Waals surface area contributed by atoms with Crippen molar-refractivity contribution in [3.05, 3.63) is 23.9 Å². The predicted molar refractivity (Wildman–Crippen MR) is 70.5 cm³/mol. The summed E-state index contributed by atoms with van der Waals surface area (Å²) in [6, 6.07) is 4.62. The van der Waals surface area contributed by atoms with Crippen LogP contribution in [0.5, 0.6) is 5.88 Å². The highest BCUT2D eigenvalue weighted by Gasteiger charge is 2.35. The number of nitrogens with zero attached hydrogens (tertiary/aromatic N) is 1. The molecule has 0 radical (unpaired) electrons. The Balaban J connectivity index is 2.11. The van der Waals surface area contributed by atoms with Crippen LogP contribution in [0.2, 0.25) is 0 Å². The van der Waals surface area contributed by atoms with Crippen molar-refractivity contribution in [2.75, 3.05) is 7.11 Å². The maximum atomic E-state index is 9.47. The van der Waals surface area contributed by atoms with Crippen LogP contribution in [0.15, 0.2) is 18.3 Å². The van der Waals surface area contributed by atoms with Gasteiger partial charge < -0.3 is 15.2 Å². The maximum Gasteiger partial charge on any atom is 0.212 e. The first kappa shape index (κ1) is 13.3. The fourth-order valence-corrected chi connectivity index (χ4v) is 2.46. The maximum absolute atomic E-state index is 9.47. The summed E-state index contributed by atoms with van der Waals surface area (Å²) in [5, 5.41) is 13.0. The summed E-state index contributed by atoms with van der Waals surface area (Å²) in [6.45, 7) is 4.28. The van der Waals surface area contributed by atoms with Crippen LogP contribution in [0.3, 0.4) is 0 Å². The van der Waals surface area contributed by atoms with Gasteiger partial charge in [0.05, 0.1) is 13.2 Å². The lowest BCUT2D eigenvalue weighted by molar-refractivity contribution is 0.0225. The van der Waals surface area contributed by atoms with E-state index in [4.69, 9.17) is 4.74 Å². The number of pyridine rings is 1. The Bertz CT molecular complexity index is 372. The predicted octanol–water partition coefficient (Wildman–Crippen LogP) is 1.90. The van der Waals surface area contributed by atoms with Crippen molar-refractivity contribution in [1.29, 1.82) is 0 Å².